The third-order valence-corrected chi connectivity index (χ3v) is 2.84. The molecule has 3 N–H and O–H groups in total. The smallest absolute Gasteiger partial charge is 0.326 e. The second kappa shape index (κ2) is 6.95. The number of carbonyl (C=O) groups is 3. The Morgan fingerprint density at radius 2 is 2.11 bits per heavy atom. The van der Waals surface area contributed by atoms with E-state index in [1.807, 2.05) is 0 Å². The monoisotopic (exact) mass is 258 g/mol. The van der Waals surface area contributed by atoms with Gasteiger partial charge in [0.25, 0.3) is 0 Å². The first-order valence-electron chi connectivity index (χ1n) is 5.82. The van der Waals surface area contributed by atoms with Crippen LogP contribution in [0.5, 0.6) is 0 Å². The Bertz CT molecular complexity index is 327. The SMILES string of the molecule is COC(=O)CCC(NC(=O)CC1CNC1)C(=O)O. The van der Waals surface area contributed by atoms with Crippen LogP contribution in [0.1, 0.15) is 19.3 Å². The van der Waals surface area contributed by atoms with Crippen molar-refractivity contribution in [2.75, 3.05) is 20.2 Å². The number of aliphatic carboxylic acids is 1. The van der Waals surface area contributed by atoms with E-state index in [0.717, 1.165) is 13.1 Å². The summed E-state index contributed by atoms with van der Waals surface area (Å²) in [7, 11) is 1.24. The fourth-order valence-corrected chi connectivity index (χ4v) is 1.63. The van der Waals surface area contributed by atoms with Crippen LogP contribution in [0.25, 0.3) is 0 Å². The average molecular weight is 258 g/mol. The summed E-state index contributed by atoms with van der Waals surface area (Å²) in [5.41, 5.74) is 0. The van der Waals surface area contributed by atoms with E-state index >= 15 is 0 Å². The van der Waals surface area contributed by atoms with E-state index in [-0.39, 0.29) is 24.7 Å². The molecule has 1 amide bonds. The van der Waals surface area contributed by atoms with Gasteiger partial charge < -0.3 is 20.5 Å². The normalized spacial score (nSPS) is 16.5. The minimum atomic E-state index is -1.14. The van der Waals surface area contributed by atoms with Gasteiger partial charge in [-0.3, -0.25) is 9.59 Å². The largest absolute Gasteiger partial charge is 0.480 e. The first-order valence-corrected chi connectivity index (χ1v) is 5.82. The molecule has 0 radical (unpaired) electrons. The molecule has 7 heteroatoms. The van der Waals surface area contributed by atoms with Gasteiger partial charge in [0.05, 0.1) is 7.11 Å². The second-order valence-corrected chi connectivity index (χ2v) is 4.30. The minimum Gasteiger partial charge on any atom is -0.480 e. The summed E-state index contributed by atoms with van der Waals surface area (Å²) in [5.74, 6) is -1.64. The van der Waals surface area contributed by atoms with E-state index < -0.39 is 18.0 Å². The van der Waals surface area contributed by atoms with Crippen LogP contribution in [0.4, 0.5) is 0 Å². The lowest BCUT2D eigenvalue weighted by molar-refractivity contribution is -0.144. The lowest BCUT2D eigenvalue weighted by atomic mass is 9.98. The molecule has 1 rings (SSSR count). The number of hydrogen-bond acceptors (Lipinski definition) is 5. The van der Waals surface area contributed by atoms with Gasteiger partial charge in [0, 0.05) is 12.8 Å². The van der Waals surface area contributed by atoms with Crippen molar-refractivity contribution >= 4 is 17.8 Å². The van der Waals surface area contributed by atoms with Crippen LogP contribution in [0.3, 0.4) is 0 Å². The van der Waals surface area contributed by atoms with E-state index in [1.165, 1.54) is 7.11 Å². The maximum Gasteiger partial charge on any atom is 0.326 e. The molecule has 0 aromatic heterocycles. The van der Waals surface area contributed by atoms with E-state index in [1.54, 1.807) is 0 Å². The van der Waals surface area contributed by atoms with Gasteiger partial charge in [-0.15, -0.1) is 0 Å². The van der Waals surface area contributed by atoms with Crippen LogP contribution < -0.4 is 10.6 Å². The van der Waals surface area contributed by atoms with Crippen molar-refractivity contribution in [3.05, 3.63) is 0 Å². The first-order chi connectivity index (χ1) is 8.52. The fraction of sp³-hybridized carbons (Fsp3) is 0.727. The number of ether oxygens (including phenoxy) is 1. The Balaban J connectivity index is 2.33. The van der Waals surface area contributed by atoms with E-state index in [0.29, 0.717) is 6.42 Å². The molecule has 1 aliphatic heterocycles. The lowest BCUT2D eigenvalue weighted by Crippen LogP contribution is -2.47. The molecule has 0 aromatic rings. The standard InChI is InChI=1S/C11H18N2O5/c1-18-10(15)3-2-8(11(16)17)13-9(14)4-7-5-12-6-7/h7-8,12H,2-6H2,1H3,(H,13,14)(H,16,17). The molecule has 0 aliphatic carbocycles. The van der Waals surface area contributed by atoms with Gasteiger partial charge in [0.2, 0.25) is 5.91 Å². The van der Waals surface area contributed by atoms with E-state index in [9.17, 15) is 14.4 Å². The van der Waals surface area contributed by atoms with Crippen LogP contribution in [-0.4, -0.2) is 49.2 Å². The number of amides is 1. The molecular weight excluding hydrogens is 240 g/mol. The van der Waals surface area contributed by atoms with Crippen molar-refractivity contribution in [3.63, 3.8) is 0 Å². The van der Waals surface area contributed by atoms with Crippen molar-refractivity contribution in [2.45, 2.75) is 25.3 Å². The molecule has 0 bridgehead atoms. The summed E-state index contributed by atoms with van der Waals surface area (Å²) in [6.07, 6.45) is 0.324. The van der Waals surface area contributed by atoms with Gasteiger partial charge in [-0.2, -0.15) is 0 Å². The predicted molar refractivity (Wildman–Crippen MR) is 61.8 cm³/mol. The molecule has 1 atom stereocenters. The molecule has 0 spiro atoms. The minimum absolute atomic E-state index is 0.0290. The molecule has 7 nitrogen and oxygen atoms in total. The highest BCUT2D eigenvalue weighted by molar-refractivity contribution is 5.84. The molecule has 1 heterocycles. The molecule has 0 saturated carbocycles. The van der Waals surface area contributed by atoms with Crippen molar-refractivity contribution < 1.29 is 24.2 Å². The Kier molecular flexibility index (Phi) is 5.57. The Morgan fingerprint density at radius 3 is 2.56 bits per heavy atom. The zero-order valence-corrected chi connectivity index (χ0v) is 10.3. The number of carbonyl (C=O) groups excluding carboxylic acids is 2. The average Bonchev–Trinajstić information content (AvgIpc) is 2.28. The van der Waals surface area contributed by atoms with Crippen molar-refractivity contribution in [2.24, 2.45) is 5.92 Å². The van der Waals surface area contributed by atoms with Gasteiger partial charge in [-0.1, -0.05) is 0 Å². The van der Waals surface area contributed by atoms with E-state index in [2.05, 4.69) is 15.4 Å². The number of rotatable bonds is 7. The Hall–Kier alpha value is -1.63. The lowest BCUT2D eigenvalue weighted by Gasteiger charge is -2.26. The molecule has 1 unspecified atom stereocenters. The number of hydrogen-bond donors (Lipinski definition) is 3. The summed E-state index contributed by atoms with van der Waals surface area (Å²) in [6, 6.07) is -1.04. The molecule has 1 saturated heterocycles. The highest BCUT2D eigenvalue weighted by Crippen LogP contribution is 2.08. The van der Waals surface area contributed by atoms with Crippen LogP contribution >= 0.6 is 0 Å². The topological polar surface area (TPSA) is 105 Å². The quantitative estimate of drug-likeness (QED) is 0.512. The third-order valence-electron chi connectivity index (χ3n) is 2.84. The number of carboxylic acids is 1. The molecule has 1 fully saturated rings. The third kappa shape index (κ3) is 4.70. The molecular formula is C11H18N2O5. The predicted octanol–water partition coefficient (Wildman–Crippen LogP) is -0.881. The maximum absolute atomic E-state index is 11.6. The molecule has 0 aromatic carbocycles. The highest BCUT2D eigenvalue weighted by atomic mass is 16.5. The summed E-state index contributed by atoms with van der Waals surface area (Å²) in [4.78, 5) is 33.4. The van der Waals surface area contributed by atoms with Gasteiger partial charge in [0.1, 0.15) is 6.04 Å². The van der Waals surface area contributed by atoms with Crippen molar-refractivity contribution in [1.82, 2.24) is 10.6 Å². The summed E-state index contributed by atoms with van der Waals surface area (Å²) < 4.78 is 4.42. The number of carboxylic acid groups (broad SMARTS) is 1. The molecule has 1 aliphatic rings. The number of nitrogens with one attached hydrogen (secondary N) is 2. The van der Waals surface area contributed by atoms with Crippen LogP contribution in [0, 0.1) is 5.92 Å². The van der Waals surface area contributed by atoms with Crippen molar-refractivity contribution in [3.8, 4) is 0 Å². The molecule has 18 heavy (non-hydrogen) atoms. The Morgan fingerprint density at radius 1 is 1.44 bits per heavy atom. The zero-order valence-electron chi connectivity index (χ0n) is 10.3. The number of esters is 1. The summed E-state index contributed by atoms with van der Waals surface area (Å²) >= 11 is 0. The maximum atomic E-state index is 11.6. The van der Waals surface area contributed by atoms with Crippen LogP contribution in [0.15, 0.2) is 0 Å². The Labute approximate surface area is 105 Å². The molecule has 102 valence electrons. The first kappa shape index (κ1) is 14.4. The summed E-state index contributed by atoms with van der Waals surface area (Å²) in [6.45, 7) is 1.57. The van der Waals surface area contributed by atoms with Gasteiger partial charge in [-0.25, -0.2) is 4.79 Å². The van der Waals surface area contributed by atoms with Crippen LogP contribution in [0.2, 0.25) is 0 Å². The fourth-order valence-electron chi connectivity index (χ4n) is 1.63. The van der Waals surface area contributed by atoms with Gasteiger partial charge in [0.15, 0.2) is 0 Å². The second-order valence-electron chi connectivity index (χ2n) is 4.30. The van der Waals surface area contributed by atoms with Crippen LogP contribution in [-0.2, 0) is 19.1 Å². The zero-order chi connectivity index (χ0) is 13.5. The summed E-state index contributed by atoms with van der Waals surface area (Å²) in [5, 5.41) is 14.4. The van der Waals surface area contributed by atoms with Crippen molar-refractivity contribution in [1.29, 1.82) is 0 Å². The van der Waals surface area contributed by atoms with Gasteiger partial charge >= 0.3 is 11.9 Å². The van der Waals surface area contributed by atoms with E-state index in [4.69, 9.17) is 5.11 Å². The number of methoxy groups -OCH3 is 1. The highest BCUT2D eigenvalue weighted by Gasteiger charge is 2.25. The van der Waals surface area contributed by atoms with Gasteiger partial charge in [-0.05, 0) is 25.4 Å².